The first-order chi connectivity index (χ1) is 12.1. The van der Waals surface area contributed by atoms with Gasteiger partial charge in [0.25, 0.3) is 0 Å². The van der Waals surface area contributed by atoms with Gasteiger partial charge in [-0.25, -0.2) is 9.78 Å². The van der Waals surface area contributed by atoms with E-state index in [1.807, 2.05) is 18.2 Å². The fraction of sp³-hybridized carbons (Fsp3) is 0.278. The molecule has 2 aromatic rings. The lowest BCUT2D eigenvalue weighted by Gasteiger charge is -2.17. The average molecular weight is 342 g/mol. The molecule has 1 fully saturated rings. The quantitative estimate of drug-likeness (QED) is 0.786. The van der Waals surface area contributed by atoms with Crippen LogP contribution in [0.1, 0.15) is 17.7 Å². The molecule has 1 aromatic heterocycles. The van der Waals surface area contributed by atoms with Crippen molar-refractivity contribution < 1.29 is 14.3 Å². The molecular formula is C18H19FN4O2. The summed E-state index contributed by atoms with van der Waals surface area (Å²) in [5.74, 6) is -2.28. The van der Waals surface area contributed by atoms with Crippen molar-refractivity contribution in [2.75, 3.05) is 18.4 Å². The Balaban J connectivity index is 1.53. The van der Waals surface area contributed by atoms with Gasteiger partial charge in [0.1, 0.15) is 5.82 Å². The van der Waals surface area contributed by atoms with Crippen molar-refractivity contribution in [2.45, 2.75) is 19.0 Å². The second-order valence-electron chi connectivity index (χ2n) is 5.97. The molecule has 1 aliphatic heterocycles. The third kappa shape index (κ3) is 4.84. The maximum atomic E-state index is 13.0. The van der Waals surface area contributed by atoms with Crippen LogP contribution < -0.4 is 5.32 Å². The predicted octanol–water partition coefficient (Wildman–Crippen LogP) is 2.56. The molecule has 0 unspecified atom stereocenters. The number of aliphatic carboxylic acids is 1. The molecule has 2 N–H and O–H groups in total. The van der Waals surface area contributed by atoms with Gasteiger partial charge in [-0.3, -0.25) is 9.88 Å². The van der Waals surface area contributed by atoms with E-state index in [1.54, 1.807) is 0 Å². The van der Waals surface area contributed by atoms with Crippen LogP contribution in [-0.2, 0) is 11.3 Å². The molecule has 0 aliphatic carbocycles. The molecule has 1 aliphatic rings. The van der Waals surface area contributed by atoms with E-state index in [0.29, 0.717) is 5.82 Å². The van der Waals surface area contributed by atoms with Crippen LogP contribution in [0.25, 0.3) is 6.08 Å². The van der Waals surface area contributed by atoms with E-state index in [0.717, 1.165) is 32.1 Å². The molecule has 6 nitrogen and oxygen atoms in total. The molecule has 0 amide bonds. The minimum absolute atomic E-state index is 0.169. The van der Waals surface area contributed by atoms with Crippen molar-refractivity contribution in [1.29, 1.82) is 0 Å². The van der Waals surface area contributed by atoms with Crippen LogP contribution in [0.5, 0.6) is 0 Å². The molecule has 1 aromatic carbocycles. The highest BCUT2D eigenvalue weighted by molar-refractivity contribution is 5.89. The Morgan fingerprint density at radius 3 is 2.80 bits per heavy atom. The maximum Gasteiger partial charge on any atom is 0.364 e. The molecule has 0 spiro atoms. The van der Waals surface area contributed by atoms with E-state index in [1.165, 1.54) is 18.0 Å². The second kappa shape index (κ2) is 7.85. The van der Waals surface area contributed by atoms with E-state index in [9.17, 15) is 9.18 Å². The summed E-state index contributed by atoms with van der Waals surface area (Å²) in [4.78, 5) is 21.0. The Kier molecular flexibility index (Phi) is 5.35. The lowest BCUT2D eigenvalue weighted by Crippen LogP contribution is -2.26. The smallest absolute Gasteiger partial charge is 0.364 e. The van der Waals surface area contributed by atoms with Crippen molar-refractivity contribution in [3.8, 4) is 0 Å². The van der Waals surface area contributed by atoms with Crippen LogP contribution in [-0.4, -0.2) is 45.1 Å². The molecule has 7 heteroatoms. The largest absolute Gasteiger partial charge is 0.476 e. The Morgan fingerprint density at radius 2 is 2.12 bits per heavy atom. The first-order valence-electron chi connectivity index (χ1n) is 8.05. The summed E-state index contributed by atoms with van der Waals surface area (Å²) in [5, 5.41) is 11.8. The number of aromatic nitrogens is 2. The molecule has 1 atom stereocenters. The maximum absolute atomic E-state index is 13.0. The number of benzene rings is 1. The highest BCUT2D eigenvalue weighted by Crippen LogP contribution is 2.17. The molecular weight excluding hydrogens is 323 g/mol. The van der Waals surface area contributed by atoms with Gasteiger partial charge < -0.3 is 10.4 Å². The normalized spacial score (nSPS) is 18.3. The van der Waals surface area contributed by atoms with E-state index >= 15 is 0 Å². The average Bonchev–Trinajstić information content (AvgIpc) is 3.04. The Hall–Kier alpha value is -2.80. The number of nitrogens with one attached hydrogen (secondary N) is 1. The minimum atomic E-state index is -1.62. The Morgan fingerprint density at radius 1 is 1.32 bits per heavy atom. The van der Waals surface area contributed by atoms with Crippen LogP contribution >= 0.6 is 0 Å². The predicted molar refractivity (Wildman–Crippen MR) is 92.5 cm³/mol. The van der Waals surface area contributed by atoms with Gasteiger partial charge in [-0.05, 0) is 12.0 Å². The van der Waals surface area contributed by atoms with Crippen LogP contribution in [0.3, 0.4) is 0 Å². The number of carboxylic acid groups (broad SMARTS) is 1. The number of carboxylic acids is 1. The lowest BCUT2D eigenvalue weighted by atomic mass is 10.2. The first kappa shape index (κ1) is 17.0. The highest BCUT2D eigenvalue weighted by Gasteiger charge is 2.22. The van der Waals surface area contributed by atoms with Gasteiger partial charge in [0.05, 0.1) is 18.1 Å². The number of likely N-dealkylation sites (tertiary alicyclic amines) is 1. The standard InChI is InChI=1S/C18H19FN4O2/c19-16(18(24)25)8-15-9-21-17(10-20-15)22-14-6-7-23(12-14)11-13-4-2-1-3-5-13/h1-5,8-10,14H,6-7,11-12H2,(H,21,22)(H,24,25)/t14-/m1/s1. The SMILES string of the molecule is O=C(O)C(F)=Cc1cnc(N[C@@H]2CCN(Cc3ccccc3)C2)cn1. The van der Waals surface area contributed by atoms with Gasteiger partial charge in [-0.1, -0.05) is 30.3 Å². The molecule has 3 rings (SSSR count). The molecule has 2 heterocycles. The summed E-state index contributed by atoms with van der Waals surface area (Å²) in [6, 6.07) is 10.6. The van der Waals surface area contributed by atoms with E-state index in [2.05, 4.69) is 32.3 Å². The molecule has 0 bridgehead atoms. The zero-order valence-electron chi connectivity index (χ0n) is 13.6. The Bertz CT molecular complexity index is 749. The summed E-state index contributed by atoms with van der Waals surface area (Å²) in [5.41, 5.74) is 1.46. The van der Waals surface area contributed by atoms with Gasteiger partial charge in [0.2, 0.25) is 5.83 Å². The van der Waals surface area contributed by atoms with Gasteiger partial charge in [-0.2, -0.15) is 4.39 Å². The zero-order chi connectivity index (χ0) is 17.6. The van der Waals surface area contributed by atoms with E-state index in [4.69, 9.17) is 5.11 Å². The van der Waals surface area contributed by atoms with Crippen molar-refractivity contribution in [1.82, 2.24) is 14.9 Å². The van der Waals surface area contributed by atoms with Crippen molar-refractivity contribution in [3.05, 3.63) is 59.8 Å². The van der Waals surface area contributed by atoms with E-state index in [-0.39, 0.29) is 11.7 Å². The van der Waals surface area contributed by atoms with Crippen LogP contribution in [0.4, 0.5) is 10.2 Å². The lowest BCUT2D eigenvalue weighted by molar-refractivity contribution is -0.134. The number of carbonyl (C=O) groups is 1. The van der Waals surface area contributed by atoms with Crippen molar-refractivity contribution >= 4 is 17.9 Å². The van der Waals surface area contributed by atoms with Crippen LogP contribution in [0, 0.1) is 0 Å². The second-order valence-corrected chi connectivity index (χ2v) is 5.97. The monoisotopic (exact) mass is 342 g/mol. The topological polar surface area (TPSA) is 78.3 Å². The fourth-order valence-corrected chi connectivity index (χ4v) is 2.82. The summed E-state index contributed by atoms with van der Waals surface area (Å²) in [6.07, 6.45) is 4.68. The van der Waals surface area contributed by atoms with Gasteiger partial charge in [-0.15, -0.1) is 0 Å². The number of hydrogen-bond acceptors (Lipinski definition) is 5. The van der Waals surface area contributed by atoms with Crippen molar-refractivity contribution in [3.63, 3.8) is 0 Å². The van der Waals surface area contributed by atoms with Crippen LogP contribution in [0.15, 0.2) is 48.6 Å². The first-order valence-corrected chi connectivity index (χ1v) is 8.05. The van der Waals surface area contributed by atoms with Crippen LogP contribution in [0.2, 0.25) is 0 Å². The molecule has 0 radical (unpaired) electrons. The third-order valence-corrected chi connectivity index (χ3v) is 4.02. The molecule has 130 valence electrons. The molecule has 0 saturated carbocycles. The van der Waals surface area contributed by atoms with E-state index < -0.39 is 11.8 Å². The summed E-state index contributed by atoms with van der Waals surface area (Å²) < 4.78 is 13.0. The molecule has 25 heavy (non-hydrogen) atoms. The van der Waals surface area contributed by atoms with Gasteiger partial charge in [0, 0.05) is 31.8 Å². The number of anilines is 1. The number of hydrogen-bond donors (Lipinski definition) is 2. The van der Waals surface area contributed by atoms with Crippen molar-refractivity contribution in [2.24, 2.45) is 0 Å². The zero-order valence-corrected chi connectivity index (χ0v) is 13.6. The highest BCUT2D eigenvalue weighted by atomic mass is 19.1. The van der Waals surface area contributed by atoms with Gasteiger partial charge in [0.15, 0.2) is 0 Å². The molecule has 1 saturated heterocycles. The number of rotatable bonds is 6. The third-order valence-electron chi connectivity index (χ3n) is 4.02. The minimum Gasteiger partial charge on any atom is -0.476 e. The fourth-order valence-electron chi connectivity index (χ4n) is 2.82. The summed E-state index contributed by atoms with van der Waals surface area (Å²) in [6.45, 7) is 2.83. The summed E-state index contributed by atoms with van der Waals surface area (Å²) >= 11 is 0. The number of nitrogens with zero attached hydrogens (tertiary/aromatic N) is 3. The summed E-state index contributed by atoms with van der Waals surface area (Å²) in [7, 11) is 0. The van der Waals surface area contributed by atoms with Gasteiger partial charge >= 0.3 is 5.97 Å². The number of halogens is 1. The Labute approximate surface area is 145 Å².